The number of ether oxygens (including phenoxy) is 1. The van der Waals surface area contributed by atoms with Crippen LogP contribution in [0.4, 0.5) is 0 Å². The fourth-order valence-electron chi connectivity index (χ4n) is 2.01. The zero-order chi connectivity index (χ0) is 13.8. The molecule has 106 valence electrons. The van der Waals surface area contributed by atoms with E-state index in [0.29, 0.717) is 6.04 Å². The first-order chi connectivity index (χ1) is 9.06. The molecule has 3 nitrogen and oxygen atoms in total. The molecular formula is C15H23BrN2O. The third-order valence-electron chi connectivity index (χ3n) is 3.26. The molecule has 0 radical (unpaired) electrons. The molecule has 2 rings (SSSR count). The van der Waals surface area contributed by atoms with Crippen molar-refractivity contribution < 1.29 is 4.74 Å². The predicted octanol–water partition coefficient (Wildman–Crippen LogP) is 2.95. The number of halogens is 1. The van der Waals surface area contributed by atoms with Gasteiger partial charge in [-0.25, -0.2) is 0 Å². The smallest absolute Gasteiger partial charge is 0.126 e. The van der Waals surface area contributed by atoms with Crippen LogP contribution in [0, 0.1) is 6.92 Å². The monoisotopic (exact) mass is 326 g/mol. The Kier molecular flexibility index (Phi) is 5.25. The summed E-state index contributed by atoms with van der Waals surface area (Å²) in [4.78, 5) is 2.14. The average Bonchev–Trinajstić information content (AvgIpc) is 3.12. The molecular weight excluding hydrogens is 304 g/mol. The van der Waals surface area contributed by atoms with Crippen LogP contribution in [0.15, 0.2) is 16.6 Å². The van der Waals surface area contributed by atoms with Crippen molar-refractivity contribution in [1.82, 2.24) is 10.2 Å². The van der Waals surface area contributed by atoms with Crippen molar-refractivity contribution in [3.8, 4) is 5.75 Å². The van der Waals surface area contributed by atoms with Crippen molar-refractivity contribution in [1.29, 1.82) is 0 Å². The summed E-state index contributed by atoms with van der Waals surface area (Å²) in [5, 5.41) is 3.56. The van der Waals surface area contributed by atoms with Crippen LogP contribution in [-0.4, -0.2) is 38.2 Å². The molecule has 19 heavy (non-hydrogen) atoms. The molecule has 1 aromatic rings. The average molecular weight is 327 g/mol. The van der Waals surface area contributed by atoms with Gasteiger partial charge < -0.3 is 15.0 Å². The van der Waals surface area contributed by atoms with Crippen molar-refractivity contribution >= 4 is 15.9 Å². The van der Waals surface area contributed by atoms with Gasteiger partial charge in [-0.05, 0) is 51.6 Å². The minimum absolute atomic E-state index is 0.717. The molecule has 0 heterocycles. The van der Waals surface area contributed by atoms with E-state index >= 15 is 0 Å². The Labute approximate surface area is 124 Å². The van der Waals surface area contributed by atoms with Gasteiger partial charge in [0.2, 0.25) is 0 Å². The summed E-state index contributed by atoms with van der Waals surface area (Å²) in [6.45, 7) is 4.66. The van der Waals surface area contributed by atoms with Gasteiger partial charge in [-0.3, -0.25) is 0 Å². The van der Waals surface area contributed by atoms with E-state index in [0.717, 1.165) is 29.9 Å². The molecule has 0 spiro atoms. The van der Waals surface area contributed by atoms with Gasteiger partial charge in [-0.2, -0.15) is 0 Å². The van der Waals surface area contributed by atoms with Gasteiger partial charge in [0.1, 0.15) is 12.4 Å². The van der Waals surface area contributed by atoms with Gasteiger partial charge in [0, 0.05) is 29.2 Å². The lowest BCUT2D eigenvalue weighted by atomic mass is 10.1. The van der Waals surface area contributed by atoms with Gasteiger partial charge in [0.15, 0.2) is 0 Å². The maximum Gasteiger partial charge on any atom is 0.126 e. The number of hydrogen-bond acceptors (Lipinski definition) is 3. The minimum Gasteiger partial charge on any atom is -0.492 e. The fourth-order valence-corrected chi connectivity index (χ4v) is 2.63. The highest BCUT2D eigenvalue weighted by molar-refractivity contribution is 9.10. The molecule has 1 aliphatic carbocycles. The molecule has 0 atom stereocenters. The Morgan fingerprint density at radius 2 is 2.11 bits per heavy atom. The second-order valence-electron chi connectivity index (χ2n) is 5.52. The van der Waals surface area contributed by atoms with E-state index in [-0.39, 0.29) is 0 Å². The van der Waals surface area contributed by atoms with Crippen LogP contribution in [0.5, 0.6) is 5.75 Å². The lowest BCUT2D eigenvalue weighted by Gasteiger charge is -2.17. The fraction of sp³-hybridized carbons (Fsp3) is 0.600. The maximum absolute atomic E-state index is 5.98. The number of hydrogen-bond donors (Lipinski definition) is 1. The lowest BCUT2D eigenvalue weighted by molar-refractivity contribution is 0.257. The molecule has 4 heteroatoms. The second-order valence-corrected chi connectivity index (χ2v) is 6.43. The number of likely N-dealkylation sites (N-methyl/N-ethyl adjacent to an activating group) is 1. The van der Waals surface area contributed by atoms with Gasteiger partial charge in [-0.15, -0.1) is 0 Å². The van der Waals surface area contributed by atoms with Gasteiger partial charge in [0.25, 0.3) is 0 Å². The van der Waals surface area contributed by atoms with Crippen molar-refractivity contribution in [2.45, 2.75) is 32.4 Å². The van der Waals surface area contributed by atoms with Gasteiger partial charge >= 0.3 is 0 Å². The molecule has 0 bridgehead atoms. The molecule has 1 saturated carbocycles. The number of nitrogens with zero attached hydrogens (tertiary/aromatic N) is 1. The largest absolute Gasteiger partial charge is 0.492 e. The van der Waals surface area contributed by atoms with Crippen molar-refractivity contribution in [2.24, 2.45) is 0 Å². The number of nitrogens with one attached hydrogen (secondary N) is 1. The highest BCUT2D eigenvalue weighted by Crippen LogP contribution is 2.29. The number of benzene rings is 1. The van der Waals surface area contributed by atoms with E-state index in [1.165, 1.54) is 24.0 Å². The van der Waals surface area contributed by atoms with Crippen LogP contribution in [0.25, 0.3) is 0 Å². The minimum atomic E-state index is 0.717. The molecule has 0 saturated heterocycles. The van der Waals surface area contributed by atoms with E-state index in [4.69, 9.17) is 4.74 Å². The number of aryl methyl sites for hydroxylation is 1. The van der Waals surface area contributed by atoms with Crippen molar-refractivity contribution in [3.63, 3.8) is 0 Å². The Morgan fingerprint density at radius 1 is 1.37 bits per heavy atom. The van der Waals surface area contributed by atoms with Crippen LogP contribution in [0.2, 0.25) is 0 Å². The summed E-state index contributed by atoms with van der Waals surface area (Å²) in [5.41, 5.74) is 2.44. The van der Waals surface area contributed by atoms with E-state index < -0.39 is 0 Å². The van der Waals surface area contributed by atoms with Crippen molar-refractivity contribution in [3.05, 3.63) is 27.7 Å². The van der Waals surface area contributed by atoms with E-state index in [1.807, 2.05) is 0 Å². The topological polar surface area (TPSA) is 24.5 Å². The number of rotatable bonds is 7. The highest BCUT2D eigenvalue weighted by atomic mass is 79.9. The molecule has 1 aliphatic rings. The van der Waals surface area contributed by atoms with E-state index in [1.54, 1.807) is 0 Å². The van der Waals surface area contributed by atoms with E-state index in [2.05, 4.69) is 59.3 Å². The first-order valence-corrected chi connectivity index (χ1v) is 7.65. The summed E-state index contributed by atoms with van der Waals surface area (Å²) in [6, 6.07) is 4.99. The maximum atomic E-state index is 5.98. The summed E-state index contributed by atoms with van der Waals surface area (Å²) in [5.74, 6) is 1.04. The second kappa shape index (κ2) is 6.73. The Morgan fingerprint density at radius 3 is 2.74 bits per heavy atom. The first-order valence-electron chi connectivity index (χ1n) is 6.86. The summed E-state index contributed by atoms with van der Waals surface area (Å²) < 4.78 is 7.11. The molecule has 1 N–H and O–H groups in total. The molecule has 0 unspecified atom stereocenters. The van der Waals surface area contributed by atoms with Crippen LogP contribution >= 0.6 is 15.9 Å². The first kappa shape index (κ1) is 14.8. The van der Waals surface area contributed by atoms with Crippen molar-refractivity contribution in [2.75, 3.05) is 27.2 Å². The summed E-state index contributed by atoms with van der Waals surface area (Å²) in [6.07, 6.45) is 2.62. The molecule has 0 aromatic heterocycles. The predicted molar refractivity (Wildman–Crippen MR) is 82.8 cm³/mol. The third kappa shape index (κ3) is 4.79. The van der Waals surface area contributed by atoms with Gasteiger partial charge in [-0.1, -0.05) is 15.9 Å². The standard InChI is InChI=1S/C15H23BrN2O/c1-11-8-13(16)9-12(10-17-14-4-5-14)15(11)19-7-6-18(2)3/h8-9,14,17H,4-7,10H2,1-3H3. The van der Waals surface area contributed by atoms with Crippen LogP contribution in [-0.2, 0) is 6.54 Å². The van der Waals surface area contributed by atoms with Crippen LogP contribution < -0.4 is 10.1 Å². The molecule has 0 aliphatic heterocycles. The van der Waals surface area contributed by atoms with E-state index in [9.17, 15) is 0 Å². The van der Waals surface area contributed by atoms with Crippen LogP contribution in [0.1, 0.15) is 24.0 Å². The zero-order valence-electron chi connectivity index (χ0n) is 12.0. The summed E-state index contributed by atoms with van der Waals surface area (Å²) in [7, 11) is 4.13. The quantitative estimate of drug-likeness (QED) is 0.833. The zero-order valence-corrected chi connectivity index (χ0v) is 13.6. The Bertz CT molecular complexity index is 430. The normalized spacial score (nSPS) is 15.0. The molecule has 0 amide bonds. The van der Waals surface area contributed by atoms with Crippen LogP contribution in [0.3, 0.4) is 0 Å². The molecule has 1 fully saturated rings. The van der Waals surface area contributed by atoms with Gasteiger partial charge in [0.05, 0.1) is 0 Å². The summed E-state index contributed by atoms with van der Waals surface area (Å²) >= 11 is 3.57. The SMILES string of the molecule is Cc1cc(Br)cc(CNC2CC2)c1OCCN(C)C. The Hall–Kier alpha value is -0.580. The lowest BCUT2D eigenvalue weighted by Crippen LogP contribution is -2.21. The third-order valence-corrected chi connectivity index (χ3v) is 3.72. The Balaban J connectivity index is 2.03. The molecule has 1 aromatic carbocycles. The highest BCUT2D eigenvalue weighted by Gasteiger charge is 2.21.